The van der Waals surface area contributed by atoms with Gasteiger partial charge in [-0.15, -0.1) is 0 Å². The number of hydrogen-bond donors (Lipinski definition) is 3. The third kappa shape index (κ3) is 2.92. The summed E-state index contributed by atoms with van der Waals surface area (Å²) in [5.41, 5.74) is 2.97. The molecule has 3 aromatic rings. The summed E-state index contributed by atoms with van der Waals surface area (Å²) >= 11 is 0. The van der Waals surface area contributed by atoms with Gasteiger partial charge in [-0.25, -0.2) is 4.98 Å². The molecule has 3 N–H and O–H groups in total. The number of fused-ring (bicyclic) bond motifs is 1. The summed E-state index contributed by atoms with van der Waals surface area (Å²) in [5, 5.41) is 20.8. The Hall–Kier alpha value is -2.93. The van der Waals surface area contributed by atoms with E-state index in [1.807, 2.05) is 11.0 Å². The fourth-order valence-electron chi connectivity index (χ4n) is 4.56. The van der Waals surface area contributed by atoms with Crippen molar-refractivity contribution in [2.24, 2.45) is 5.41 Å². The molecule has 1 aromatic carbocycles. The van der Waals surface area contributed by atoms with Gasteiger partial charge in [0.05, 0.1) is 22.8 Å². The second-order valence-corrected chi connectivity index (χ2v) is 7.99. The minimum Gasteiger partial charge on any atom is -0.508 e. The summed E-state index contributed by atoms with van der Waals surface area (Å²) in [5.74, 6) is 0.171. The number of rotatable bonds is 2. The zero-order chi connectivity index (χ0) is 19.1. The number of aromatic amines is 1. The fourth-order valence-corrected chi connectivity index (χ4v) is 4.56. The Morgan fingerprint density at radius 2 is 2.07 bits per heavy atom. The highest BCUT2D eigenvalue weighted by atomic mass is 16.3. The van der Waals surface area contributed by atoms with Gasteiger partial charge in [0.1, 0.15) is 11.4 Å². The van der Waals surface area contributed by atoms with Crippen LogP contribution >= 0.6 is 0 Å². The minimum absolute atomic E-state index is 0.0296. The second-order valence-electron chi connectivity index (χ2n) is 7.99. The first-order valence-electron chi connectivity index (χ1n) is 9.77. The van der Waals surface area contributed by atoms with Crippen molar-refractivity contribution in [2.75, 3.05) is 26.2 Å². The number of pyridine rings is 1. The average molecular weight is 377 g/mol. The van der Waals surface area contributed by atoms with E-state index in [1.165, 1.54) is 6.42 Å². The molecule has 0 bridgehead atoms. The predicted molar refractivity (Wildman–Crippen MR) is 106 cm³/mol. The van der Waals surface area contributed by atoms with Crippen LogP contribution in [0.5, 0.6) is 5.75 Å². The summed E-state index contributed by atoms with van der Waals surface area (Å²) in [6.45, 7) is 3.57. The smallest absolute Gasteiger partial charge is 0.273 e. The quantitative estimate of drug-likeness (QED) is 0.638. The number of piperidine rings is 1. The van der Waals surface area contributed by atoms with E-state index in [2.05, 4.69) is 15.5 Å². The fraction of sp³-hybridized carbons (Fsp3) is 0.381. The van der Waals surface area contributed by atoms with Crippen LogP contribution in [0, 0.1) is 5.41 Å². The van der Waals surface area contributed by atoms with Crippen molar-refractivity contribution < 1.29 is 9.90 Å². The maximum atomic E-state index is 13.5. The standard InChI is InChI=1S/C21H23N5O2/c27-15-4-2-14(3-5-15)17-10-18-16(11-23-25-18)19(24-17)20(28)26-9-1-6-21(13-26)7-8-22-12-21/h2-5,10-11,22,27H,1,6-9,12-13H2,(H,23,25). The first-order chi connectivity index (χ1) is 13.6. The first-order valence-corrected chi connectivity index (χ1v) is 9.77. The van der Waals surface area contributed by atoms with Gasteiger partial charge in [-0.3, -0.25) is 9.89 Å². The van der Waals surface area contributed by atoms with E-state index >= 15 is 0 Å². The average Bonchev–Trinajstić information content (AvgIpc) is 3.37. The number of benzene rings is 1. The SMILES string of the molecule is O=C(c1nc(-c2ccc(O)cc2)cc2[nH]ncc12)N1CCCC2(CCNC2)C1. The molecule has 2 aliphatic rings. The number of nitrogens with zero attached hydrogens (tertiary/aromatic N) is 3. The minimum atomic E-state index is -0.0296. The molecule has 0 radical (unpaired) electrons. The van der Waals surface area contributed by atoms with Crippen LogP contribution in [-0.2, 0) is 0 Å². The van der Waals surface area contributed by atoms with E-state index < -0.39 is 0 Å². The Morgan fingerprint density at radius 3 is 2.86 bits per heavy atom. The molecule has 5 rings (SSSR count). The van der Waals surface area contributed by atoms with Crippen molar-refractivity contribution in [3.63, 3.8) is 0 Å². The van der Waals surface area contributed by atoms with Crippen LogP contribution in [0.1, 0.15) is 29.8 Å². The van der Waals surface area contributed by atoms with Crippen LogP contribution in [0.3, 0.4) is 0 Å². The second kappa shape index (κ2) is 6.60. The molecular formula is C21H23N5O2. The molecule has 0 aliphatic carbocycles. The number of phenolic OH excluding ortho intramolecular Hbond substituents is 1. The number of nitrogens with one attached hydrogen (secondary N) is 2. The van der Waals surface area contributed by atoms with Gasteiger partial charge >= 0.3 is 0 Å². The number of aromatic hydroxyl groups is 1. The summed E-state index contributed by atoms with van der Waals surface area (Å²) in [4.78, 5) is 20.1. The van der Waals surface area contributed by atoms with Crippen molar-refractivity contribution in [2.45, 2.75) is 19.3 Å². The van der Waals surface area contributed by atoms with Crippen molar-refractivity contribution >= 4 is 16.8 Å². The molecule has 2 aromatic heterocycles. The molecule has 1 amide bonds. The Kier molecular flexibility index (Phi) is 4.05. The Labute approximate surface area is 162 Å². The largest absolute Gasteiger partial charge is 0.508 e. The van der Waals surface area contributed by atoms with Crippen LogP contribution in [0.25, 0.3) is 22.2 Å². The van der Waals surface area contributed by atoms with Crippen LogP contribution in [-0.4, -0.2) is 57.3 Å². The maximum Gasteiger partial charge on any atom is 0.273 e. The van der Waals surface area contributed by atoms with E-state index in [1.54, 1.807) is 30.5 Å². The highest BCUT2D eigenvalue weighted by Gasteiger charge is 2.40. The van der Waals surface area contributed by atoms with Gasteiger partial charge in [0, 0.05) is 30.6 Å². The molecule has 1 atom stereocenters. The molecule has 1 unspecified atom stereocenters. The van der Waals surface area contributed by atoms with Gasteiger partial charge in [-0.1, -0.05) is 0 Å². The third-order valence-electron chi connectivity index (χ3n) is 6.08. The Morgan fingerprint density at radius 1 is 1.21 bits per heavy atom. The van der Waals surface area contributed by atoms with Crippen LogP contribution in [0.15, 0.2) is 36.5 Å². The summed E-state index contributed by atoms with van der Waals surface area (Å²) in [6.07, 6.45) is 5.00. The van der Waals surface area contributed by atoms with Crippen LogP contribution in [0.4, 0.5) is 0 Å². The van der Waals surface area contributed by atoms with Gasteiger partial charge in [0.25, 0.3) is 5.91 Å². The number of hydrogen-bond acceptors (Lipinski definition) is 5. The molecule has 2 aliphatic heterocycles. The van der Waals surface area contributed by atoms with Crippen molar-refractivity contribution in [3.8, 4) is 17.0 Å². The summed E-state index contributed by atoms with van der Waals surface area (Å²) < 4.78 is 0. The maximum absolute atomic E-state index is 13.5. The molecule has 1 spiro atoms. The number of likely N-dealkylation sites (tertiary alicyclic amines) is 1. The molecule has 4 heterocycles. The van der Waals surface area contributed by atoms with Crippen LogP contribution < -0.4 is 5.32 Å². The molecule has 7 nitrogen and oxygen atoms in total. The van der Waals surface area contributed by atoms with E-state index in [4.69, 9.17) is 4.98 Å². The van der Waals surface area contributed by atoms with E-state index in [-0.39, 0.29) is 17.1 Å². The lowest BCUT2D eigenvalue weighted by atomic mass is 9.79. The third-order valence-corrected chi connectivity index (χ3v) is 6.08. The molecule has 7 heteroatoms. The topological polar surface area (TPSA) is 94.1 Å². The highest BCUT2D eigenvalue weighted by molar-refractivity contribution is 6.05. The predicted octanol–water partition coefficient (Wildman–Crippen LogP) is 2.55. The Balaban J connectivity index is 1.53. The summed E-state index contributed by atoms with van der Waals surface area (Å²) in [6, 6.07) is 8.74. The first kappa shape index (κ1) is 17.2. The molecule has 2 fully saturated rings. The summed E-state index contributed by atoms with van der Waals surface area (Å²) in [7, 11) is 0. The normalized spacial score (nSPS) is 22.2. The zero-order valence-electron chi connectivity index (χ0n) is 15.6. The van der Waals surface area contributed by atoms with Gasteiger partial charge in [0.15, 0.2) is 0 Å². The van der Waals surface area contributed by atoms with Crippen molar-refractivity contribution in [1.82, 2.24) is 25.4 Å². The molecule has 0 saturated carbocycles. The van der Waals surface area contributed by atoms with Gasteiger partial charge in [0.2, 0.25) is 0 Å². The number of H-pyrrole nitrogens is 1. The van der Waals surface area contributed by atoms with Crippen molar-refractivity contribution in [3.05, 3.63) is 42.2 Å². The number of aromatic nitrogens is 3. The molecule has 2 saturated heterocycles. The molecule has 28 heavy (non-hydrogen) atoms. The number of amides is 1. The highest BCUT2D eigenvalue weighted by Crippen LogP contribution is 2.36. The van der Waals surface area contributed by atoms with E-state index in [0.29, 0.717) is 11.4 Å². The van der Waals surface area contributed by atoms with Gasteiger partial charge in [-0.2, -0.15) is 5.10 Å². The number of phenols is 1. The number of carbonyl (C=O) groups excluding carboxylic acids is 1. The van der Waals surface area contributed by atoms with E-state index in [0.717, 1.165) is 55.5 Å². The lowest BCUT2D eigenvalue weighted by Crippen LogP contribution is -2.47. The van der Waals surface area contributed by atoms with Crippen LogP contribution in [0.2, 0.25) is 0 Å². The molecule has 144 valence electrons. The van der Waals surface area contributed by atoms with E-state index in [9.17, 15) is 9.90 Å². The van der Waals surface area contributed by atoms with Gasteiger partial charge < -0.3 is 15.3 Å². The Bertz CT molecular complexity index is 1020. The zero-order valence-corrected chi connectivity index (χ0v) is 15.6. The molecular weight excluding hydrogens is 354 g/mol. The van der Waals surface area contributed by atoms with Crippen molar-refractivity contribution in [1.29, 1.82) is 0 Å². The lowest BCUT2D eigenvalue weighted by Gasteiger charge is -2.40. The monoisotopic (exact) mass is 377 g/mol. The number of carbonyl (C=O) groups is 1. The lowest BCUT2D eigenvalue weighted by molar-refractivity contribution is 0.0550. The van der Waals surface area contributed by atoms with Gasteiger partial charge in [-0.05, 0) is 56.1 Å².